The smallest absolute Gasteiger partial charge is 0.117 e. The number of rotatable bonds is 7. The summed E-state index contributed by atoms with van der Waals surface area (Å²) in [5.74, 6) is 0. The molecule has 2 aromatic carbocycles. The fourth-order valence-corrected chi connectivity index (χ4v) is 2.54. The molecule has 0 spiro atoms. The van der Waals surface area contributed by atoms with Crippen molar-refractivity contribution in [3.05, 3.63) is 71.9 Å². The van der Waals surface area contributed by atoms with Crippen molar-refractivity contribution in [1.82, 2.24) is 20.3 Å². The summed E-state index contributed by atoms with van der Waals surface area (Å²) in [6, 6.07) is 20.2. The fourth-order valence-electron chi connectivity index (χ4n) is 2.54. The lowest BCUT2D eigenvalue weighted by Gasteiger charge is -2.05. The maximum absolute atomic E-state index is 9.41. The SMILES string of the molecule is C[C@@H](O)CNCc1nn(Cc2ccccc2)nc1-c1ccccc1. The maximum atomic E-state index is 9.41. The van der Waals surface area contributed by atoms with Gasteiger partial charge in [-0.25, -0.2) is 0 Å². The van der Waals surface area contributed by atoms with Crippen molar-refractivity contribution in [2.75, 3.05) is 6.54 Å². The lowest BCUT2D eigenvalue weighted by Crippen LogP contribution is -2.24. The second-order valence-electron chi connectivity index (χ2n) is 5.86. The zero-order valence-corrected chi connectivity index (χ0v) is 13.8. The van der Waals surface area contributed by atoms with Gasteiger partial charge in [0.15, 0.2) is 0 Å². The first-order valence-corrected chi connectivity index (χ1v) is 8.14. The molecule has 0 fully saturated rings. The minimum Gasteiger partial charge on any atom is -0.392 e. The molecule has 1 heterocycles. The first-order valence-electron chi connectivity index (χ1n) is 8.14. The van der Waals surface area contributed by atoms with Gasteiger partial charge in [0.05, 0.1) is 12.6 Å². The quantitative estimate of drug-likeness (QED) is 0.701. The van der Waals surface area contributed by atoms with Crippen molar-refractivity contribution < 1.29 is 5.11 Å². The van der Waals surface area contributed by atoms with Gasteiger partial charge in [-0.15, -0.1) is 0 Å². The van der Waals surface area contributed by atoms with Gasteiger partial charge in [0.2, 0.25) is 0 Å². The van der Waals surface area contributed by atoms with Crippen LogP contribution in [0.1, 0.15) is 18.2 Å². The number of benzene rings is 2. The van der Waals surface area contributed by atoms with Crippen molar-refractivity contribution in [3.8, 4) is 11.3 Å². The Hall–Kier alpha value is -2.50. The Kier molecular flexibility index (Phi) is 5.36. The van der Waals surface area contributed by atoms with Crippen LogP contribution in [0.3, 0.4) is 0 Å². The van der Waals surface area contributed by atoms with Crippen LogP contribution in [0.4, 0.5) is 0 Å². The summed E-state index contributed by atoms with van der Waals surface area (Å²) in [6.07, 6.45) is -0.385. The second-order valence-corrected chi connectivity index (χ2v) is 5.86. The summed E-state index contributed by atoms with van der Waals surface area (Å²) in [7, 11) is 0. The molecule has 3 aromatic rings. The lowest BCUT2D eigenvalue weighted by atomic mass is 10.1. The zero-order valence-electron chi connectivity index (χ0n) is 13.8. The molecule has 0 amide bonds. The minimum absolute atomic E-state index is 0.385. The first kappa shape index (κ1) is 16.4. The van der Waals surface area contributed by atoms with Crippen LogP contribution in [-0.4, -0.2) is 32.7 Å². The van der Waals surface area contributed by atoms with Gasteiger partial charge >= 0.3 is 0 Å². The van der Waals surface area contributed by atoms with E-state index in [1.165, 1.54) is 0 Å². The number of aliphatic hydroxyl groups excluding tert-OH is 1. The molecule has 124 valence electrons. The van der Waals surface area contributed by atoms with Crippen LogP contribution in [0, 0.1) is 0 Å². The highest BCUT2D eigenvalue weighted by Gasteiger charge is 2.13. The van der Waals surface area contributed by atoms with Gasteiger partial charge in [-0.1, -0.05) is 60.7 Å². The standard InChI is InChI=1S/C19H22N4O/c1-15(24)12-20-13-18-19(17-10-6-3-7-11-17)22-23(21-18)14-16-8-4-2-5-9-16/h2-11,15,20,24H,12-14H2,1H3/t15-/m1/s1. The first-order chi connectivity index (χ1) is 11.7. The van der Waals surface area contributed by atoms with Crippen LogP contribution in [-0.2, 0) is 13.1 Å². The van der Waals surface area contributed by atoms with E-state index in [0.717, 1.165) is 22.5 Å². The van der Waals surface area contributed by atoms with E-state index < -0.39 is 0 Å². The molecule has 0 bridgehead atoms. The number of hydrogen-bond donors (Lipinski definition) is 2. The molecule has 0 aliphatic rings. The normalized spacial score (nSPS) is 12.2. The average Bonchev–Trinajstić information content (AvgIpc) is 2.99. The van der Waals surface area contributed by atoms with Gasteiger partial charge in [0, 0.05) is 18.7 Å². The van der Waals surface area contributed by atoms with E-state index in [9.17, 15) is 5.11 Å². The molecule has 0 aliphatic carbocycles. The van der Waals surface area contributed by atoms with E-state index in [1.54, 1.807) is 11.7 Å². The molecule has 5 heteroatoms. The summed E-state index contributed by atoms with van der Waals surface area (Å²) in [5.41, 5.74) is 3.98. The number of nitrogens with one attached hydrogen (secondary N) is 1. The molecule has 3 rings (SSSR count). The van der Waals surface area contributed by atoms with Crippen LogP contribution >= 0.6 is 0 Å². The van der Waals surface area contributed by atoms with Crippen molar-refractivity contribution >= 4 is 0 Å². The third kappa shape index (κ3) is 4.28. The Balaban J connectivity index is 1.84. The number of nitrogens with zero attached hydrogens (tertiary/aromatic N) is 3. The summed E-state index contributed by atoms with van der Waals surface area (Å²) >= 11 is 0. The third-order valence-corrected chi connectivity index (χ3v) is 3.67. The molecule has 1 aromatic heterocycles. The number of hydrogen-bond acceptors (Lipinski definition) is 4. The second kappa shape index (κ2) is 7.86. The summed E-state index contributed by atoms with van der Waals surface area (Å²) in [6.45, 7) is 3.50. The van der Waals surface area contributed by atoms with Crippen LogP contribution in [0.15, 0.2) is 60.7 Å². The zero-order chi connectivity index (χ0) is 16.8. The highest BCUT2D eigenvalue weighted by Crippen LogP contribution is 2.20. The molecular formula is C19H22N4O. The Morgan fingerprint density at radius 3 is 2.33 bits per heavy atom. The molecule has 1 atom stereocenters. The number of aromatic nitrogens is 3. The van der Waals surface area contributed by atoms with Crippen molar-refractivity contribution in [1.29, 1.82) is 0 Å². The molecule has 24 heavy (non-hydrogen) atoms. The lowest BCUT2D eigenvalue weighted by molar-refractivity contribution is 0.191. The van der Waals surface area contributed by atoms with E-state index in [2.05, 4.69) is 27.6 Å². The molecule has 5 nitrogen and oxygen atoms in total. The number of aliphatic hydroxyl groups is 1. The van der Waals surface area contributed by atoms with Gasteiger partial charge in [0.25, 0.3) is 0 Å². The van der Waals surface area contributed by atoms with Crippen molar-refractivity contribution in [2.45, 2.75) is 26.1 Å². The molecule has 0 saturated heterocycles. The summed E-state index contributed by atoms with van der Waals surface area (Å²) in [5, 5.41) is 22.0. The van der Waals surface area contributed by atoms with Crippen LogP contribution in [0.25, 0.3) is 11.3 Å². The van der Waals surface area contributed by atoms with E-state index in [1.807, 2.05) is 48.5 Å². The molecule has 0 unspecified atom stereocenters. The maximum Gasteiger partial charge on any atom is 0.117 e. The van der Waals surface area contributed by atoms with E-state index in [-0.39, 0.29) is 6.10 Å². The average molecular weight is 322 g/mol. The van der Waals surface area contributed by atoms with Gasteiger partial charge in [-0.3, -0.25) is 0 Å². The highest BCUT2D eigenvalue weighted by atomic mass is 16.3. The summed E-state index contributed by atoms with van der Waals surface area (Å²) in [4.78, 5) is 1.73. The van der Waals surface area contributed by atoms with Crippen LogP contribution < -0.4 is 5.32 Å². The molecule has 0 saturated carbocycles. The Bertz CT molecular complexity index is 754. The minimum atomic E-state index is -0.385. The Morgan fingerprint density at radius 2 is 1.67 bits per heavy atom. The van der Waals surface area contributed by atoms with Crippen LogP contribution in [0.2, 0.25) is 0 Å². The summed E-state index contributed by atoms with van der Waals surface area (Å²) < 4.78 is 0. The van der Waals surface area contributed by atoms with E-state index in [4.69, 9.17) is 0 Å². The van der Waals surface area contributed by atoms with Gasteiger partial charge < -0.3 is 10.4 Å². The molecule has 2 N–H and O–H groups in total. The Morgan fingerprint density at radius 1 is 1.00 bits per heavy atom. The molecule has 0 aliphatic heterocycles. The van der Waals surface area contributed by atoms with E-state index >= 15 is 0 Å². The van der Waals surface area contributed by atoms with Crippen LogP contribution in [0.5, 0.6) is 0 Å². The van der Waals surface area contributed by atoms with Gasteiger partial charge in [-0.2, -0.15) is 15.0 Å². The molecule has 0 radical (unpaired) electrons. The van der Waals surface area contributed by atoms with E-state index in [0.29, 0.717) is 19.6 Å². The van der Waals surface area contributed by atoms with Crippen molar-refractivity contribution in [3.63, 3.8) is 0 Å². The predicted molar refractivity (Wildman–Crippen MR) is 94.4 cm³/mol. The topological polar surface area (TPSA) is 63.0 Å². The highest BCUT2D eigenvalue weighted by molar-refractivity contribution is 5.60. The van der Waals surface area contributed by atoms with Gasteiger partial charge in [-0.05, 0) is 12.5 Å². The predicted octanol–water partition coefficient (Wildman–Crippen LogP) is 2.46. The third-order valence-electron chi connectivity index (χ3n) is 3.67. The Labute approximate surface area is 142 Å². The monoisotopic (exact) mass is 322 g/mol. The van der Waals surface area contributed by atoms with Gasteiger partial charge in [0.1, 0.15) is 11.4 Å². The fraction of sp³-hybridized carbons (Fsp3) is 0.263. The largest absolute Gasteiger partial charge is 0.392 e. The van der Waals surface area contributed by atoms with Crippen molar-refractivity contribution in [2.24, 2.45) is 0 Å². The molecular weight excluding hydrogens is 300 g/mol.